The number of carbonyl (C=O) groups excluding carboxylic acids is 1. The first-order chi connectivity index (χ1) is 12.9. The van der Waals surface area contributed by atoms with E-state index in [4.69, 9.17) is 0 Å². The molecule has 1 amide bonds. The third kappa shape index (κ3) is 3.77. The number of carbonyl (C=O) groups is 1. The normalized spacial score (nSPS) is 11.1. The molecular formula is C20H25N5O2. The minimum Gasteiger partial charge on any atom is -0.354 e. The Kier molecular flexibility index (Phi) is 5.39. The van der Waals surface area contributed by atoms with Crippen molar-refractivity contribution in [3.8, 4) is 0 Å². The molecule has 0 atom stereocenters. The summed E-state index contributed by atoms with van der Waals surface area (Å²) >= 11 is 0. The zero-order valence-electron chi connectivity index (χ0n) is 16.2. The molecule has 0 radical (unpaired) electrons. The lowest BCUT2D eigenvalue weighted by molar-refractivity contribution is -0.121. The number of aryl methyl sites for hydroxylation is 3. The van der Waals surface area contributed by atoms with Gasteiger partial charge in [0, 0.05) is 24.2 Å². The van der Waals surface area contributed by atoms with Crippen molar-refractivity contribution in [1.82, 2.24) is 24.9 Å². The zero-order valence-corrected chi connectivity index (χ0v) is 16.2. The van der Waals surface area contributed by atoms with Crippen LogP contribution in [0.2, 0.25) is 0 Å². The van der Waals surface area contributed by atoms with Crippen molar-refractivity contribution in [1.29, 1.82) is 0 Å². The van der Waals surface area contributed by atoms with Gasteiger partial charge in [0.2, 0.25) is 5.91 Å². The van der Waals surface area contributed by atoms with Gasteiger partial charge < -0.3 is 5.32 Å². The van der Waals surface area contributed by atoms with E-state index in [1.807, 2.05) is 43.7 Å². The summed E-state index contributed by atoms with van der Waals surface area (Å²) in [5, 5.41) is 13.1. The molecule has 7 nitrogen and oxygen atoms in total. The Morgan fingerprint density at radius 2 is 1.70 bits per heavy atom. The standard InChI is InChI=1S/C20H25N5O2/c1-5-24-15(4)16(13(2)22-24)10-11-21-19(26)12-25-20(27)18-9-7-6-8-17(18)14(3)23-25/h6-9H,5,10-12H2,1-4H3,(H,21,26). The summed E-state index contributed by atoms with van der Waals surface area (Å²) in [5.41, 5.74) is 3.77. The van der Waals surface area contributed by atoms with Crippen LogP contribution in [0, 0.1) is 20.8 Å². The molecular weight excluding hydrogens is 342 g/mol. The van der Waals surface area contributed by atoms with Crippen LogP contribution in [-0.2, 0) is 24.3 Å². The van der Waals surface area contributed by atoms with Gasteiger partial charge >= 0.3 is 0 Å². The molecule has 3 aromatic rings. The number of benzene rings is 1. The van der Waals surface area contributed by atoms with Crippen LogP contribution in [0.15, 0.2) is 29.1 Å². The Bertz CT molecular complexity index is 1050. The fourth-order valence-electron chi connectivity index (χ4n) is 3.43. The van der Waals surface area contributed by atoms with Gasteiger partial charge in [0.15, 0.2) is 0 Å². The Morgan fingerprint density at radius 3 is 2.37 bits per heavy atom. The second-order valence-electron chi connectivity index (χ2n) is 6.66. The highest BCUT2D eigenvalue weighted by atomic mass is 16.2. The number of amides is 1. The Morgan fingerprint density at radius 1 is 1.04 bits per heavy atom. The smallest absolute Gasteiger partial charge is 0.275 e. The highest BCUT2D eigenvalue weighted by molar-refractivity contribution is 5.83. The lowest BCUT2D eigenvalue weighted by atomic mass is 10.1. The number of fused-ring (bicyclic) bond motifs is 1. The summed E-state index contributed by atoms with van der Waals surface area (Å²) in [7, 11) is 0. The summed E-state index contributed by atoms with van der Waals surface area (Å²) in [4.78, 5) is 24.8. The molecule has 0 bridgehead atoms. The fourth-order valence-corrected chi connectivity index (χ4v) is 3.43. The van der Waals surface area contributed by atoms with E-state index < -0.39 is 0 Å². The van der Waals surface area contributed by atoms with Crippen LogP contribution in [0.4, 0.5) is 0 Å². The first-order valence-electron chi connectivity index (χ1n) is 9.18. The third-order valence-corrected chi connectivity index (χ3v) is 4.87. The van der Waals surface area contributed by atoms with E-state index >= 15 is 0 Å². The fraction of sp³-hybridized carbons (Fsp3) is 0.400. The van der Waals surface area contributed by atoms with Crippen LogP contribution >= 0.6 is 0 Å². The van der Waals surface area contributed by atoms with Gasteiger partial charge in [-0.05, 0) is 45.7 Å². The summed E-state index contributed by atoms with van der Waals surface area (Å²) < 4.78 is 3.20. The lowest BCUT2D eigenvalue weighted by Crippen LogP contribution is -2.35. The van der Waals surface area contributed by atoms with Crippen LogP contribution < -0.4 is 10.9 Å². The van der Waals surface area contributed by atoms with E-state index in [2.05, 4.69) is 22.4 Å². The van der Waals surface area contributed by atoms with Gasteiger partial charge in [-0.3, -0.25) is 14.3 Å². The van der Waals surface area contributed by atoms with E-state index in [0.717, 1.165) is 34.6 Å². The summed E-state index contributed by atoms with van der Waals surface area (Å²) in [5.74, 6) is -0.225. The summed E-state index contributed by atoms with van der Waals surface area (Å²) in [6, 6.07) is 7.31. The molecule has 2 heterocycles. The minimum atomic E-state index is -0.248. The molecule has 27 heavy (non-hydrogen) atoms. The molecule has 0 unspecified atom stereocenters. The van der Waals surface area contributed by atoms with Crippen LogP contribution in [0.3, 0.4) is 0 Å². The van der Waals surface area contributed by atoms with Gasteiger partial charge in [0.1, 0.15) is 6.54 Å². The first kappa shape index (κ1) is 18.8. The van der Waals surface area contributed by atoms with E-state index in [0.29, 0.717) is 18.4 Å². The van der Waals surface area contributed by atoms with E-state index in [-0.39, 0.29) is 18.0 Å². The van der Waals surface area contributed by atoms with Gasteiger partial charge in [-0.25, -0.2) is 4.68 Å². The summed E-state index contributed by atoms with van der Waals surface area (Å²) in [6.45, 7) is 9.16. The number of nitrogens with zero attached hydrogens (tertiary/aromatic N) is 4. The van der Waals surface area contributed by atoms with Crippen molar-refractivity contribution >= 4 is 16.7 Å². The molecule has 142 valence electrons. The van der Waals surface area contributed by atoms with Crippen LogP contribution in [-0.4, -0.2) is 32.0 Å². The molecule has 0 aliphatic rings. The van der Waals surface area contributed by atoms with Gasteiger partial charge in [-0.15, -0.1) is 0 Å². The minimum absolute atomic E-state index is 0.0866. The maximum absolute atomic E-state index is 12.5. The largest absolute Gasteiger partial charge is 0.354 e. The number of hydrogen-bond acceptors (Lipinski definition) is 4. The Labute approximate surface area is 158 Å². The maximum Gasteiger partial charge on any atom is 0.275 e. The van der Waals surface area contributed by atoms with Gasteiger partial charge in [-0.2, -0.15) is 10.2 Å². The van der Waals surface area contributed by atoms with Gasteiger partial charge in [-0.1, -0.05) is 18.2 Å². The quantitative estimate of drug-likeness (QED) is 0.721. The second kappa shape index (κ2) is 7.73. The van der Waals surface area contributed by atoms with Crippen molar-refractivity contribution in [3.05, 3.63) is 57.3 Å². The Balaban J connectivity index is 1.67. The SMILES string of the molecule is CCn1nc(C)c(CCNC(=O)Cn2nc(C)c3ccccc3c2=O)c1C. The second-order valence-corrected chi connectivity index (χ2v) is 6.66. The van der Waals surface area contributed by atoms with Crippen molar-refractivity contribution in [2.45, 2.75) is 47.2 Å². The van der Waals surface area contributed by atoms with Gasteiger partial charge in [0.25, 0.3) is 5.56 Å². The van der Waals surface area contributed by atoms with Crippen molar-refractivity contribution in [2.24, 2.45) is 0 Å². The van der Waals surface area contributed by atoms with Crippen LogP contribution in [0.1, 0.15) is 29.6 Å². The monoisotopic (exact) mass is 367 g/mol. The average molecular weight is 367 g/mol. The topological polar surface area (TPSA) is 81.8 Å². The summed E-state index contributed by atoms with van der Waals surface area (Å²) in [6.07, 6.45) is 0.711. The molecule has 0 saturated heterocycles. The number of aromatic nitrogens is 4. The van der Waals surface area contributed by atoms with Crippen molar-refractivity contribution in [2.75, 3.05) is 6.54 Å². The number of hydrogen-bond donors (Lipinski definition) is 1. The number of nitrogens with one attached hydrogen (secondary N) is 1. The average Bonchev–Trinajstić information content (AvgIpc) is 2.93. The predicted octanol–water partition coefficient (Wildman–Crippen LogP) is 1.90. The van der Waals surface area contributed by atoms with E-state index in [1.165, 1.54) is 4.68 Å². The van der Waals surface area contributed by atoms with E-state index in [1.54, 1.807) is 6.07 Å². The molecule has 0 spiro atoms. The first-order valence-corrected chi connectivity index (χ1v) is 9.18. The van der Waals surface area contributed by atoms with Crippen molar-refractivity contribution < 1.29 is 4.79 Å². The molecule has 3 rings (SSSR count). The number of rotatable bonds is 6. The predicted molar refractivity (Wildman–Crippen MR) is 105 cm³/mol. The highest BCUT2D eigenvalue weighted by Gasteiger charge is 2.13. The van der Waals surface area contributed by atoms with Crippen molar-refractivity contribution in [3.63, 3.8) is 0 Å². The Hall–Kier alpha value is -2.96. The molecule has 0 aliphatic carbocycles. The molecule has 0 fully saturated rings. The lowest BCUT2D eigenvalue weighted by Gasteiger charge is -2.09. The van der Waals surface area contributed by atoms with Crippen LogP contribution in [0.25, 0.3) is 10.8 Å². The molecule has 2 aromatic heterocycles. The molecule has 7 heteroatoms. The zero-order chi connectivity index (χ0) is 19.6. The molecule has 1 N–H and O–H groups in total. The molecule has 0 saturated carbocycles. The third-order valence-electron chi connectivity index (χ3n) is 4.87. The molecule has 0 aliphatic heterocycles. The van der Waals surface area contributed by atoms with Crippen LogP contribution in [0.5, 0.6) is 0 Å². The maximum atomic E-state index is 12.5. The highest BCUT2D eigenvalue weighted by Crippen LogP contribution is 2.13. The molecule has 1 aromatic carbocycles. The van der Waals surface area contributed by atoms with E-state index in [9.17, 15) is 9.59 Å². The van der Waals surface area contributed by atoms with Gasteiger partial charge in [0.05, 0.1) is 16.8 Å².